The predicted octanol–water partition coefficient (Wildman–Crippen LogP) is 5.20. The second-order valence-corrected chi connectivity index (χ2v) is 7.08. The fraction of sp³-hybridized carbons (Fsp3) is 0.0952. The zero-order valence-electron chi connectivity index (χ0n) is 14.7. The molecule has 28 heavy (non-hydrogen) atoms. The van der Waals surface area contributed by atoms with Crippen molar-refractivity contribution < 1.29 is 14.4 Å². The zero-order chi connectivity index (χ0) is 19.5. The Morgan fingerprint density at radius 1 is 1.07 bits per heavy atom. The second kappa shape index (κ2) is 7.82. The van der Waals surface area contributed by atoms with Gasteiger partial charge in [-0.2, -0.15) is 0 Å². The Bertz CT molecular complexity index is 1140. The van der Waals surface area contributed by atoms with Crippen molar-refractivity contribution in [2.24, 2.45) is 0 Å². The molecule has 0 bridgehead atoms. The number of pyridine rings is 1. The summed E-state index contributed by atoms with van der Waals surface area (Å²) < 4.78 is 6.15. The third kappa shape index (κ3) is 3.75. The number of amides is 1. The van der Waals surface area contributed by atoms with E-state index in [0.29, 0.717) is 22.3 Å². The van der Waals surface area contributed by atoms with E-state index >= 15 is 0 Å². The molecule has 0 saturated carbocycles. The van der Waals surface area contributed by atoms with Crippen LogP contribution >= 0.6 is 15.9 Å². The fourth-order valence-corrected chi connectivity index (χ4v) is 3.64. The van der Waals surface area contributed by atoms with Crippen molar-refractivity contribution in [2.75, 3.05) is 0 Å². The van der Waals surface area contributed by atoms with Crippen LogP contribution in [0.15, 0.2) is 75.9 Å². The lowest BCUT2D eigenvalue weighted by Crippen LogP contribution is -2.29. The summed E-state index contributed by atoms with van der Waals surface area (Å²) in [7, 11) is 0. The van der Waals surface area contributed by atoms with Crippen LogP contribution in [0.3, 0.4) is 0 Å². The maximum absolute atomic E-state index is 11.5. The van der Waals surface area contributed by atoms with Crippen LogP contribution in [0.4, 0.5) is 4.79 Å². The first kappa shape index (κ1) is 18.2. The van der Waals surface area contributed by atoms with Gasteiger partial charge in [0.25, 0.3) is 0 Å². The smallest absolute Gasteiger partial charge is 0.405 e. The summed E-state index contributed by atoms with van der Waals surface area (Å²) in [5.41, 5.74) is 3.77. The highest BCUT2D eigenvalue weighted by Crippen LogP contribution is 2.34. The lowest BCUT2D eigenvalue weighted by molar-refractivity contribution is 0.189. The standard InChI is InChI=1S/C21H16BrN3O3/c22-19-11-5-6-13(23-19)12-17(24-21(26)27)14-7-1-2-8-15(14)20-16-9-3-4-10-18(16)28-25-20/h1-11,17,24H,12H2,(H,26,27). The van der Waals surface area contributed by atoms with Crippen LogP contribution in [0.2, 0.25) is 0 Å². The normalized spacial score (nSPS) is 12.0. The summed E-state index contributed by atoms with van der Waals surface area (Å²) in [6.07, 6.45) is -0.696. The number of carbonyl (C=O) groups is 1. The largest absolute Gasteiger partial charge is 0.465 e. The molecule has 0 aliphatic carbocycles. The number of para-hydroxylation sites is 1. The first-order valence-electron chi connectivity index (χ1n) is 8.66. The van der Waals surface area contributed by atoms with E-state index in [-0.39, 0.29) is 0 Å². The molecule has 2 N–H and O–H groups in total. The molecule has 2 aromatic carbocycles. The predicted molar refractivity (Wildman–Crippen MR) is 109 cm³/mol. The Labute approximate surface area is 169 Å². The Hall–Kier alpha value is -3.19. The lowest BCUT2D eigenvalue weighted by atomic mass is 9.93. The topological polar surface area (TPSA) is 88.2 Å². The Balaban J connectivity index is 1.80. The molecule has 0 aliphatic rings. The molecule has 1 atom stereocenters. The first-order valence-corrected chi connectivity index (χ1v) is 9.46. The van der Waals surface area contributed by atoms with Crippen molar-refractivity contribution in [3.63, 3.8) is 0 Å². The van der Waals surface area contributed by atoms with Gasteiger partial charge in [-0.1, -0.05) is 47.6 Å². The van der Waals surface area contributed by atoms with E-state index in [2.05, 4.69) is 31.4 Å². The molecule has 1 unspecified atom stereocenters. The molecular weight excluding hydrogens is 422 g/mol. The number of nitrogens with one attached hydrogen (secondary N) is 1. The van der Waals surface area contributed by atoms with E-state index in [4.69, 9.17) is 4.52 Å². The Kier molecular flexibility index (Phi) is 5.08. The molecule has 0 saturated heterocycles. The molecule has 4 rings (SSSR count). The summed E-state index contributed by atoms with van der Waals surface area (Å²) in [5.74, 6) is 0. The van der Waals surface area contributed by atoms with Crippen LogP contribution in [-0.2, 0) is 6.42 Å². The number of nitrogens with zero attached hydrogens (tertiary/aromatic N) is 2. The molecule has 2 heterocycles. The molecule has 6 nitrogen and oxygen atoms in total. The SMILES string of the molecule is O=C(O)NC(Cc1cccc(Br)n1)c1ccccc1-c1noc2ccccc12. The van der Waals surface area contributed by atoms with Crippen molar-refractivity contribution in [2.45, 2.75) is 12.5 Å². The molecule has 0 aliphatic heterocycles. The van der Waals surface area contributed by atoms with Gasteiger partial charge in [-0.05, 0) is 45.8 Å². The van der Waals surface area contributed by atoms with Crippen molar-refractivity contribution in [3.8, 4) is 11.3 Å². The first-order chi connectivity index (χ1) is 13.6. The molecular formula is C21H16BrN3O3. The summed E-state index contributed by atoms with van der Waals surface area (Å²) in [5, 5.41) is 17.1. The fourth-order valence-electron chi connectivity index (χ4n) is 3.26. The monoisotopic (exact) mass is 437 g/mol. The zero-order valence-corrected chi connectivity index (χ0v) is 16.3. The molecule has 1 amide bonds. The highest BCUT2D eigenvalue weighted by atomic mass is 79.9. The van der Waals surface area contributed by atoms with E-state index in [1.165, 1.54) is 0 Å². The minimum atomic E-state index is -1.10. The van der Waals surface area contributed by atoms with Gasteiger partial charge in [-0.3, -0.25) is 0 Å². The number of hydrogen-bond donors (Lipinski definition) is 2. The van der Waals surface area contributed by atoms with Gasteiger partial charge in [-0.15, -0.1) is 0 Å². The van der Waals surface area contributed by atoms with Crippen molar-refractivity contribution in [1.29, 1.82) is 0 Å². The van der Waals surface area contributed by atoms with Gasteiger partial charge in [0.1, 0.15) is 10.3 Å². The van der Waals surface area contributed by atoms with E-state index in [0.717, 1.165) is 22.2 Å². The Morgan fingerprint density at radius 2 is 1.86 bits per heavy atom. The van der Waals surface area contributed by atoms with Crippen molar-refractivity contribution in [1.82, 2.24) is 15.5 Å². The minimum absolute atomic E-state index is 0.401. The summed E-state index contributed by atoms with van der Waals surface area (Å²) >= 11 is 3.36. The third-order valence-electron chi connectivity index (χ3n) is 4.45. The van der Waals surface area contributed by atoms with Gasteiger partial charge in [-0.25, -0.2) is 9.78 Å². The highest BCUT2D eigenvalue weighted by molar-refractivity contribution is 9.10. The van der Waals surface area contributed by atoms with Crippen LogP contribution in [0.25, 0.3) is 22.2 Å². The van der Waals surface area contributed by atoms with Crippen LogP contribution in [0, 0.1) is 0 Å². The number of carboxylic acid groups (broad SMARTS) is 1. The van der Waals surface area contributed by atoms with Crippen LogP contribution < -0.4 is 5.32 Å². The highest BCUT2D eigenvalue weighted by Gasteiger charge is 2.22. The average molecular weight is 438 g/mol. The number of benzene rings is 2. The van der Waals surface area contributed by atoms with Gasteiger partial charge in [0.05, 0.1) is 6.04 Å². The number of fused-ring (bicyclic) bond motifs is 1. The second-order valence-electron chi connectivity index (χ2n) is 6.27. The molecule has 7 heteroatoms. The number of rotatable bonds is 5. The minimum Gasteiger partial charge on any atom is -0.465 e. The quantitative estimate of drug-likeness (QED) is 0.418. The third-order valence-corrected chi connectivity index (χ3v) is 4.89. The van der Waals surface area contributed by atoms with Gasteiger partial charge >= 0.3 is 6.09 Å². The molecule has 4 aromatic rings. The van der Waals surface area contributed by atoms with E-state index in [1.54, 1.807) is 0 Å². The molecule has 0 spiro atoms. The number of hydrogen-bond acceptors (Lipinski definition) is 4. The summed E-state index contributed by atoms with van der Waals surface area (Å²) in [6, 6.07) is 20.3. The van der Waals surface area contributed by atoms with Crippen LogP contribution in [0.5, 0.6) is 0 Å². The van der Waals surface area contributed by atoms with Crippen molar-refractivity contribution in [3.05, 3.63) is 82.6 Å². The lowest BCUT2D eigenvalue weighted by Gasteiger charge is -2.20. The van der Waals surface area contributed by atoms with Gasteiger partial charge < -0.3 is 14.9 Å². The average Bonchev–Trinajstić information content (AvgIpc) is 3.11. The van der Waals surface area contributed by atoms with Gasteiger partial charge in [0, 0.05) is 23.1 Å². The van der Waals surface area contributed by atoms with Gasteiger partial charge in [0.2, 0.25) is 0 Å². The maximum Gasteiger partial charge on any atom is 0.405 e. The summed E-state index contributed by atoms with van der Waals surface area (Å²) in [6.45, 7) is 0. The van der Waals surface area contributed by atoms with E-state index < -0.39 is 12.1 Å². The van der Waals surface area contributed by atoms with Crippen LogP contribution in [-0.4, -0.2) is 21.3 Å². The van der Waals surface area contributed by atoms with E-state index in [1.807, 2.05) is 66.7 Å². The van der Waals surface area contributed by atoms with Crippen LogP contribution in [0.1, 0.15) is 17.3 Å². The maximum atomic E-state index is 11.5. The molecule has 0 fully saturated rings. The van der Waals surface area contributed by atoms with Gasteiger partial charge in [0.15, 0.2) is 5.58 Å². The van der Waals surface area contributed by atoms with E-state index in [9.17, 15) is 9.90 Å². The number of halogens is 1. The Morgan fingerprint density at radius 3 is 2.68 bits per heavy atom. The van der Waals surface area contributed by atoms with Crippen molar-refractivity contribution >= 4 is 33.0 Å². The molecule has 140 valence electrons. The molecule has 2 aromatic heterocycles. The number of aromatic nitrogens is 2. The molecule has 0 radical (unpaired) electrons. The summed E-state index contributed by atoms with van der Waals surface area (Å²) in [4.78, 5) is 15.9.